The van der Waals surface area contributed by atoms with Crippen LogP contribution in [0.1, 0.15) is 30.0 Å². The topological polar surface area (TPSA) is 61.4 Å². The van der Waals surface area contributed by atoms with E-state index in [1.165, 1.54) is 0 Å². The van der Waals surface area contributed by atoms with Crippen LogP contribution in [0.3, 0.4) is 0 Å². The van der Waals surface area contributed by atoms with Gasteiger partial charge in [-0.05, 0) is 78.4 Å². The quantitative estimate of drug-likeness (QED) is 0.380. The Hall–Kier alpha value is -3.96. The predicted molar refractivity (Wildman–Crippen MR) is 151 cm³/mol. The van der Waals surface area contributed by atoms with Gasteiger partial charge in [-0.2, -0.15) is 0 Å². The Morgan fingerprint density at radius 2 is 1.73 bits per heavy atom. The zero-order valence-corrected chi connectivity index (χ0v) is 21.6. The number of aryl methyl sites for hydroxylation is 2. The van der Waals surface area contributed by atoms with Crippen molar-refractivity contribution in [1.29, 1.82) is 0 Å². The fourth-order valence-electron chi connectivity index (χ4n) is 5.10. The highest BCUT2D eigenvalue weighted by Crippen LogP contribution is 2.35. The Kier molecular flexibility index (Phi) is 7.06. The lowest BCUT2D eigenvalue weighted by Crippen LogP contribution is -2.52. The van der Waals surface area contributed by atoms with Crippen molar-refractivity contribution in [3.63, 3.8) is 0 Å². The number of nitrogens with one attached hydrogen (secondary N) is 2. The van der Waals surface area contributed by atoms with Gasteiger partial charge in [0.2, 0.25) is 11.8 Å². The highest BCUT2D eigenvalue weighted by molar-refractivity contribution is 6.02. The van der Waals surface area contributed by atoms with Crippen molar-refractivity contribution in [2.75, 3.05) is 11.9 Å². The number of carbonyl (C=O) groups is 2. The maximum atomic E-state index is 14.1. The maximum Gasteiger partial charge on any atom is 0.249 e. The highest BCUT2D eigenvalue weighted by atomic mass is 16.2. The first-order chi connectivity index (χ1) is 18.0. The molecular weight excluding hydrogens is 458 g/mol. The molecule has 4 aromatic carbocycles. The lowest BCUT2D eigenvalue weighted by atomic mass is 9.98. The van der Waals surface area contributed by atoms with Crippen LogP contribution in [0, 0.1) is 6.92 Å². The fourth-order valence-corrected chi connectivity index (χ4v) is 5.10. The molecule has 0 spiro atoms. The number of rotatable bonds is 6. The molecule has 0 bridgehead atoms. The molecule has 1 aliphatic rings. The van der Waals surface area contributed by atoms with Crippen molar-refractivity contribution < 1.29 is 9.59 Å². The van der Waals surface area contributed by atoms with Gasteiger partial charge in [0.25, 0.3) is 0 Å². The largest absolute Gasteiger partial charge is 0.343 e. The molecule has 5 heteroatoms. The van der Waals surface area contributed by atoms with E-state index < -0.39 is 6.04 Å². The molecule has 0 saturated carbocycles. The first-order valence-electron chi connectivity index (χ1n) is 12.9. The summed E-state index contributed by atoms with van der Waals surface area (Å²) in [7, 11) is 1.75. The van der Waals surface area contributed by atoms with Crippen LogP contribution in [-0.4, -0.2) is 30.9 Å². The minimum absolute atomic E-state index is 0.0760. The van der Waals surface area contributed by atoms with E-state index in [1.54, 1.807) is 14.0 Å². The molecule has 1 heterocycles. The average molecular weight is 492 g/mol. The van der Waals surface area contributed by atoms with Crippen molar-refractivity contribution in [2.45, 2.75) is 45.3 Å². The number of carbonyl (C=O) groups excluding carboxylic acids is 2. The Balaban J connectivity index is 1.61. The molecule has 1 unspecified atom stereocenters. The van der Waals surface area contributed by atoms with E-state index in [-0.39, 0.29) is 17.9 Å². The summed E-state index contributed by atoms with van der Waals surface area (Å²) < 4.78 is 0. The molecule has 188 valence electrons. The van der Waals surface area contributed by atoms with Crippen LogP contribution in [0.25, 0.3) is 21.9 Å². The van der Waals surface area contributed by atoms with E-state index in [0.29, 0.717) is 19.4 Å². The number of anilines is 1. The zero-order chi connectivity index (χ0) is 25.9. The molecule has 5 rings (SSSR count). The molecule has 0 fully saturated rings. The Morgan fingerprint density at radius 1 is 0.973 bits per heavy atom. The van der Waals surface area contributed by atoms with Crippen LogP contribution in [0.5, 0.6) is 0 Å². The lowest BCUT2D eigenvalue weighted by molar-refractivity contribution is -0.128. The zero-order valence-electron chi connectivity index (χ0n) is 21.6. The van der Waals surface area contributed by atoms with Crippen LogP contribution in [0.2, 0.25) is 0 Å². The van der Waals surface area contributed by atoms with Gasteiger partial charge in [-0.15, -0.1) is 0 Å². The third-order valence-electron chi connectivity index (χ3n) is 7.48. The lowest BCUT2D eigenvalue weighted by Gasteiger charge is -2.28. The summed E-state index contributed by atoms with van der Waals surface area (Å²) in [6.07, 6.45) is 1.27. The Bertz CT molecular complexity index is 1450. The number of benzene rings is 4. The predicted octanol–water partition coefficient (Wildman–Crippen LogP) is 5.39. The second-order valence-corrected chi connectivity index (χ2v) is 9.83. The number of fused-ring (bicyclic) bond motifs is 2. The van der Waals surface area contributed by atoms with Gasteiger partial charge in [-0.1, -0.05) is 78.9 Å². The number of hydrogen-bond acceptors (Lipinski definition) is 3. The molecular formula is C32H33N3O2. The monoisotopic (exact) mass is 491 g/mol. The third-order valence-corrected chi connectivity index (χ3v) is 7.48. The van der Waals surface area contributed by atoms with Crippen LogP contribution >= 0.6 is 0 Å². The summed E-state index contributed by atoms with van der Waals surface area (Å²) in [5.41, 5.74) is 6.47. The molecule has 5 nitrogen and oxygen atoms in total. The summed E-state index contributed by atoms with van der Waals surface area (Å²) in [6, 6.07) is 28.2. The van der Waals surface area contributed by atoms with Gasteiger partial charge in [0.05, 0.1) is 12.6 Å². The van der Waals surface area contributed by atoms with Gasteiger partial charge >= 0.3 is 0 Å². The van der Waals surface area contributed by atoms with E-state index in [9.17, 15) is 9.59 Å². The van der Waals surface area contributed by atoms with Gasteiger partial charge in [-0.25, -0.2) is 0 Å². The fraction of sp³-hybridized carbons (Fsp3) is 0.250. The molecule has 0 radical (unpaired) electrons. The van der Waals surface area contributed by atoms with Crippen molar-refractivity contribution >= 4 is 28.3 Å². The highest BCUT2D eigenvalue weighted by Gasteiger charge is 2.33. The second-order valence-electron chi connectivity index (χ2n) is 9.83. The average Bonchev–Trinajstić information content (AvgIpc) is 3.06. The molecule has 2 amide bonds. The van der Waals surface area contributed by atoms with E-state index in [4.69, 9.17) is 0 Å². The summed E-state index contributed by atoms with van der Waals surface area (Å²) in [5.74, 6) is -0.244. The third kappa shape index (κ3) is 5.00. The van der Waals surface area contributed by atoms with Crippen LogP contribution in [0.4, 0.5) is 5.69 Å². The molecule has 0 aromatic heterocycles. The minimum atomic E-state index is -0.592. The normalized spacial score (nSPS) is 16.2. The summed E-state index contributed by atoms with van der Waals surface area (Å²) >= 11 is 0. The Morgan fingerprint density at radius 3 is 2.51 bits per heavy atom. The van der Waals surface area contributed by atoms with E-state index in [2.05, 4.69) is 72.2 Å². The number of likely N-dealkylation sites (N-methyl/N-ethyl adjacent to an activating group) is 1. The number of hydrogen-bond donors (Lipinski definition) is 2. The molecule has 1 aliphatic heterocycles. The van der Waals surface area contributed by atoms with E-state index in [0.717, 1.165) is 44.3 Å². The van der Waals surface area contributed by atoms with Crippen LogP contribution in [0.15, 0.2) is 84.9 Å². The first kappa shape index (κ1) is 24.7. The standard InChI is InChI=1S/C32H33N3O2/c1-21-13-14-24-11-7-8-12-27(24)28(21)20-35-30-19-26(23-9-5-4-6-10-23)16-15-25(30)17-18-29(32(35)37)34-31(36)22(2)33-3/h4-16,19,22,29,33H,17-18,20H2,1-3H3,(H,34,36)/t22-,29?/m0/s1. The van der Waals surface area contributed by atoms with Gasteiger partial charge in [0.15, 0.2) is 0 Å². The first-order valence-corrected chi connectivity index (χ1v) is 12.9. The molecule has 2 N–H and O–H groups in total. The molecule has 37 heavy (non-hydrogen) atoms. The maximum absolute atomic E-state index is 14.1. The summed E-state index contributed by atoms with van der Waals surface area (Å²) in [5, 5.41) is 8.28. The summed E-state index contributed by atoms with van der Waals surface area (Å²) in [4.78, 5) is 28.8. The molecule has 2 atom stereocenters. The van der Waals surface area contributed by atoms with Crippen molar-refractivity contribution in [2.24, 2.45) is 0 Å². The minimum Gasteiger partial charge on any atom is -0.343 e. The van der Waals surface area contributed by atoms with Crippen molar-refractivity contribution in [3.8, 4) is 11.1 Å². The van der Waals surface area contributed by atoms with Crippen molar-refractivity contribution in [3.05, 3.63) is 102 Å². The van der Waals surface area contributed by atoms with Crippen molar-refractivity contribution in [1.82, 2.24) is 10.6 Å². The van der Waals surface area contributed by atoms with Gasteiger partial charge < -0.3 is 15.5 Å². The molecule has 0 saturated heterocycles. The van der Waals surface area contributed by atoms with Crippen LogP contribution in [-0.2, 0) is 22.6 Å². The van der Waals surface area contributed by atoms with E-state index in [1.807, 2.05) is 35.2 Å². The second kappa shape index (κ2) is 10.6. The van der Waals surface area contributed by atoms with Gasteiger partial charge in [0, 0.05) is 5.69 Å². The number of amides is 2. The number of nitrogens with zero attached hydrogens (tertiary/aromatic N) is 1. The van der Waals surface area contributed by atoms with Gasteiger partial charge in [-0.3, -0.25) is 9.59 Å². The van der Waals surface area contributed by atoms with Gasteiger partial charge in [0.1, 0.15) is 6.04 Å². The summed E-state index contributed by atoms with van der Waals surface area (Å²) in [6.45, 7) is 4.33. The Labute approximate surface area is 218 Å². The van der Waals surface area contributed by atoms with E-state index >= 15 is 0 Å². The molecule has 4 aromatic rings. The SMILES string of the molecule is CN[C@@H](C)C(=O)NC1CCc2ccc(-c3ccccc3)cc2N(Cc2c(C)ccc3ccccc23)C1=O. The molecule has 0 aliphatic carbocycles. The van der Waals surface area contributed by atoms with Crippen LogP contribution < -0.4 is 15.5 Å². The smallest absolute Gasteiger partial charge is 0.249 e.